The summed E-state index contributed by atoms with van der Waals surface area (Å²) in [6.45, 7) is 5.28. The van der Waals surface area contributed by atoms with Crippen molar-refractivity contribution in [3.63, 3.8) is 0 Å². The third-order valence-electron chi connectivity index (χ3n) is 3.51. The summed E-state index contributed by atoms with van der Waals surface area (Å²) in [7, 11) is 0. The minimum Gasteiger partial charge on any atom is -0.326 e. The van der Waals surface area contributed by atoms with Crippen LogP contribution in [0.2, 0.25) is 0 Å². The van der Waals surface area contributed by atoms with Gasteiger partial charge in [-0.1, -0.05) is 33.1 Å². The predicted molar refractivity (Wildman–Crippen MR) is 79.9 cm³/mol. The van der Waals surface area contributed by atoms with Crippen LogP contribution in [0.25, 0.3) is 0 Å². The van der Waals surface area contributed by atoms with Gasteiger partial charge in [0.1, 0.15) is 0 Å². The molecule has 2 unspecified atom stereocenters. The fourth-order valence-electron chi connectivity index (χ4n) is 2.52. The second kappa shape index (κ2) is 8.81. The fourth-order valence-corrected chi connectivity index (χ4v) is 2.94. The van der Waals surface area contributed by atoms with Gasteiger partial charge in [0.25, 0.3) is 0 Å². The molecule has 4 heteroatoms. The van der Waals surface area contributed by atoms with E-state index in [1.54, 1.807) is 0 Å². The largest absolute Gasteiger partial charge is 0.326 e. The molecule has 0 aromatic heterocycles. The lowest BCUT2D eigenvalue weighted by atomic mass is 10.1. The van der Waals surface area contributed by atoms with Crippen molar-refractivity contribution in [1.29, 1.82) is 0 Å². The van der Waals surface area contributed by atoms with Crippen molar-refractivity contribution in [2.24, 2.45) is 0 Å². The van der Waals surface area contributed by atoms with Crippen molar-refractivity contribution in [3.05, 3.63) is 0 Å². The smallest absolute Gasteiger partial charge is 0.241 e. The lowest BCUT2D eigenvalue weighted by molar-refractivity contribution is -0.130. The Balaban J connectivity index is 2.50. The van der Waals surface area contributed by atoms with Gasteiger partial charge in [0, 0.05) is 6.54 Å². The van der Waals surface area contributed by atoms with Gasteiger partial charge in [-0.15, -0.1) is 0 Å². The van der Waals surface area contributed by atoms with Gasteiger partial charge in [0.05, 0.1) is 12.2 Å². The van der Waals surface area contributed by atoms with E-state index in [1.165, 1.54) is 0 Å². The zero-order valence-corrected chi connectivity index (χ0v) is 12.9. The molecular formula is C14H28N2OS. The average molecular weight is 272 g/mol. The first kappa shape index (κ1) is 15.8. The highest BCUT2D eigenvalue weighted by Gasteiger charge is 2.36. The van der Waals surface area contributed by atoms with Crippen LogP contribution in [0, 0.1) is 0 Å². The molecule has 106 valence electrons. The number of unbranched alkanes of at least 4 members (excludes halogenated alkanes) is 1. The number of carbonyl (C=O) groups is 1. The number of nitrogens with zero attached hydrogens (tertiary/aromatic N) is 1. The van der Waals surface area contributed by atoms with Crippen LogP contribution in [0.1, 0.15) is 52.4 Å². The Kier molecular flexibility index (Phi) is 7.75. The highest BCUT2D eigenvalue weighted by Crippen LogP contribution is 2.19. The standard InChI is InChI=1S/C14H28N2OS/c1-4-6-9-12-14(17)16(10-7-11-18-3)13(15-12)8-5-2/h12-13,15H,4-11H2,1-3H3. The van der Waals surface area contributed by atoms with E-state index < -0.39 is 0 Å². The molecule has 0 spiro atoms. The predicted octanol–water partition coefficient (Wildman–Crippen LogP) is 2.86. The summed E-state index contributed by atoms with van der Waals surface area (Å²) < 4.78 is 0. The van der Waals surface area contributed by atoms with Gasteiger partial charge in [0.2, 0.25) is 5.91 Å². The highest BCUT2D eigenvalue weighted by atomic mass is 32.2. The zero-order valence-electron chi connectivity index (χ0n) is 12.1. The van der Waals surface area contributed by atoms with Crippen LogP contribution < -0.4 is 5.32 Å². The molecule has 0 saturated carbocycles. The number of nitrogens with one attached hydrogen (secondary N) is 1. The molecule has 0 aliphatic carbocycles. The molecule has 1 rings (SSSR count). The molecule has 0 aromatic carbocycles. The van der Waals surface area contributed by atoms with Crippen molar-refractivity contribution in [3.8, 4) is 0 Å². The first-order valence-electron chi connectivity index (χ1n) is 7.30. The molecule has 1 aliphatic heterocycles. The minimum absolute atomic E-state index is 0.0794. The Labute approximate surface area is 116 Å². The van der Waals surface area contributed by atoms with Gasteiger partial charge in [0.15, 0.2) is 0 Å². The van der Waals surface area contributed by atoms with Gasteiger partial charge in [-0.05, 0) is 31.3 Å². The number of thioether (sulfide) groups is 1. The lowest BCUT2D eigenvalue weighted by Crippen LogP contribution is -2.38. The Bertz CT molecular complexity index is 248. The topological polar surface area (TPSA) is 32.3 Å². The van der Waals surface area contributed by atoms with E-state index in [-0.39, 0.29) is 12.2 Å². The Morgan fingerprint density at radius 1 is 1.22 bits per heavy atom. The number of amides is 1. The molecule has 18 heavy (non-hydrogen) atoms. The normalized spacial score (nSPS) is 23.9. The zero-order chi connectivity index (χ0) is 13.4. The van der Waals surface area contributed by atoms with Crippen LogP contribution in [0.15, 0.2) is 0 Å². The second-order valence-electron chi connectivity index (χ2n) is 5.04. The maximum Gasteiger partial charge on any atom is 0.241 e. The highest BCUT2D eigenvalue weighted by molar-refractivity contribution is 7.98. The maximum absolute atomic E-state index is 12.3. The van der Waals surface area contributed by atoms with Crippen molar-refractivity contribution >= 4 is 17.7 Å². The monoisotopic (exact) mass is 272 g/mol. The summed E-state index contributed by atoms with van der Waals surface area (Å²) in [6, 6.07) is 0.0794. The molecule has 1 saturated heterocycles. The molecule has 1 N–H and O–H groups in total. The summed E-state index contributed by atoms with van der Waals surface area (Å²) in [4.78, 5) is 14.4. The van der Waals surface area contributed by atoms with Crippen molar-refractivity contribution in [2.45, 2.75) is 64.6 Å². The molecule has 2 atom stereocenters. The van der Waals surface area contributed by atoms with Crippen LogP contribution in [0.3, 0.4) is 0 Å². The first-order valence-corrected chi connectivity index (χ1v) is 8.69. The Hall–Kier alpha value is -0.220. The summed E-state index contributed by atoms with van der Waals surface area (Å²) in [5.41, 5.74) is 0. The van der Waals surface area contributed by atoms with E-state index in [0.29, 0.717) is 5.91 Å². The van der Waals surface area contributed by atoms with E-state index in [4.69, 9.17) is 0 Å². The van der Waals surface area contributed by atoms with Gasteiger partial charge < -0.3 is 4.90 Å². The fraction of sp³-hybridized carbons (Fsp3) is 0.929. The molecule has 0 aromatic rings. The van der Waals surface area contributed by atoms with Gasteiger partial charge in [-0.25, -0.2) is 0 Å². The molecular weight excluding hydrogens is 244 g/mol. The quantitative estimate of drug-likeness (QED) is 0.655. The van der Waals surface area contributed by atoms with Gasteiger partial charge >= 0.3 is 0 Å². The number of carbonyl (C=O) groups excluding carboxylic acids is 1. The maximum atomic E-state index is 12.3. The van der Waals surface area contributed by atoms with Crippen LogP contribution in [-0.2, 0) is 4.79 Å². The van der Waals surface area contributed by atoms with Crippen molar-refractivity contribution < 1.29 is 4.79 Å². The molecule has 1 fully saturated rings. The lowest BCUT2D eigenvalue weighted by Gasteiger charge is -2.23. The molecule has 0 radical (unpaired) electrons. The van der Waals surface area contributed by atoms with E-state index >= 15 is 0 Å². The molecule has 1 heterocycles. The van der Waals surface area contributed by atoms with Crippen LogP contribution >= 0.6 is 11.8 Å². The van der Waals surface area contributed by atoms with Crippen LogP contribution in [0.4, 0.5) is 0 Å². The second-order valence-corrected chi connectivity index (χ2v) is 6.03. The molecule has 3 nitrogen and oxygen atoms in total. The van der Waals surface area contributed by atoms with Crippen LogP contribution in [0.5, 0.6) is 0 Å². The Morgan fingerprint density at radius 3 is 2.61 bits per heavy atom. The van der Waals surface area contributed by atoms with Crippen LogP contribution in [-0.4, -0.2) is 41.6 Å². The van der Waals surface area contributed by atoms with Gasteiger partial charge in [-0.3, -0.25) is 10.1 Å². The summed E-state index contributed by atoms with van der Waals surface area (Å²) in [6.07, 6.45) is 9.02. The summed E-state index contributed by atoms with van der Waals surface area (Å²) in [5, 5.41) is 3.52. The van der Waals surface area contributed by atoms with Crippen molar-refractivity contribution in [2.75, 3.05) is 18.6 Å². The van der Waals surface area contributed by atoms with Crippen molar-refractivity contribution in [1.82, 2.24) is 10.2 Å². The third-order valence-corrected chi connectivity index (χ3v) is 4.20. The Morgan fingerprint density at radius 2 is 2.00 bits per heavy atom. The van der Waals surface area contributed by atoms with E-state index in [0.717, 1.165) is 50.8 Å². The number of rotatable bonds is 9. The average Bonchev–Trinajstić information content (AvgIpc) is 2.65. The molecule has 0 bridgehead atoms. The first-order chi connectivity index (χ1) is 8.74. The number of hydrogen-bond donors (Lipinski definition) is 1. The third kappa shape index (κ3) is 4.47. The van der Waals surface area contributed by atoms with E-state index in [1.807, 2.05) is 11.8 Å². The van der Waals surface area contributed by atoms with Gasteiger partial charge in [-0.2, -0.15) is 11.8 Å². The molecule has 1 amide bonds. The van der Waals surface area contributed by atoms with E-state index in [2.05, 4.69) is 30.3 Å². The van der Waals surface area contributed by atoms with E-state index in [9.17, 15) is 4.79 Å². The summed E-state index contributed by atoms with van der Waals surface area (Å²) >= 11 is 1.86. The minimum atomic E-state index is 0.0794. The SMILES string of the molecule is CCCCC1NC(CCC)N(CCCSC)C1=O. The molecule has 1 aliphatic rings. The summed E-state index contributed by atoms with van der Waals surface area (Å²) in [5.74, 6) is 1.48. The number of hydrogen-bond acceptors (Lipinski definition) is 3.